The number of alkyl halides is 1. The Morgan fingerprint density at radius 2 is 1.73 bits per heavy atom. The average Bonchev–Trinajstić information content (AvgIpc) is 2.76. The quantitative estimate of drug-likeness (QED) is 0.364. The van der Waals surface area contributed by atoms with Crippen molar-refractivity contribution < 1.29 is 24.2 Å². The first-order chi connectivity index (χ1) is 15.1. The van der Waals surface area contributed by atoms with Gasteiger partial charge in [0.2, 0.25) is 5.91 Å². The summed E-state index contributed by atoms with van der Waals surface area (Å²) < 4.78 is 10.00. The number of rotatable bonds is 8. The van der Waals surface area contributed by atoms with E-state index in [-0.39, 0.29) is 90.6 Å². The number of benzene rings is 2. The molecule has 1 amide bonds. The summed E-state index contributed by atoms with van der Waals surface area (Å²) >= 11 is 17.1. The number of carboxylic acid groups (broad SMARTS) is 1. The summed E-state index contributed by atoms with van der Waals surface area (Å²) in [6.45, 7) is 6.56. The number of anilines is 1. The van der Waals surface area contributed by atoms with E-state index in [1.54, 1.807) is 12.0 Å². The van der Waals surface area contributed by atoms with Crippen LogP contribution >= 0.6 is 34.8 Å². The maximum absolute atomic E-state index is 12.2. The number of nitrogens with zero attached hydrogens (tertiary/aromatic N) is 1. The molecule has 0 radical (unpaired) electrons. The van der Waals surface area contributed by atoms with Crippen LogP contribution in [0.3, 0.4) is 0 Å². The maximum atomic E-state index is 12.2. The molecule has 2 aromatic carbocycles. The van der Waals surface area contributed by atoms with Crippen LogP contribution < -0.4 is 9.64 Å². The number of para-hydroxylation sites is 1. The number of ether oxygens (including phenoxy) is 2. The van der Waals surface area contributed by atoms with Crippen LogP contribution in [0.25, 0.3) is 0 Å². The van der Waals surface area contributed by atoms with E-state index in [9.17, 15) is 9.59 Å². The van der Waals surface area contributed by atoms with Gasteiger partial charge in [-0.3, -0.25) is 4.79 Å². The van der Waals surface area contributed by atoms with E-state index in [0.29, 0.717) is 6.61 Å². The number of halogens is 3. The van der Waals surface area contributed by atoms with E-state index in [1.807, 2.05) is 26.0 Å². The minimum absolute atomic E-state index is 0. The minimum atomic E-state index is -1.16. The molecule has 0 aliphatic carbocycles. The third kappa shape index (κ3) is 8.98. The summed E-state index contributed by atoms with van der Waals surface area (Å²) in [5.74, 6) is -1.19. The fraction of sp³-hybridized carbons (Fsp3) is 0.391. The number of carboxylic acids is 1. The van der Waals surface area contributed by atoms with Crippen molar-refractivity contribution in [3.05, 3.63) is 57.1 Å². The molecule has 2 aromatic rings. The van der Waals surface area contributed by atoms with Gasteiger partial charge < -0.3 is 19.5 Å². The van der Waals surface area contributed by atoms with Crippen LogP contribution in [0.4, 0.5) is 5.69 Å². The first kappa shape index (κ1) is 32.6. The third-order valence-corrected chi connectivity index (χ3v) is 5.49. The molecule has 0 spiro atoms. The van der Waals surface area contributed by atoms with Crippen LogP contribution in [-0.4, -0.2) is 101 Å². The van der Waals surface area contributed by atoms with Crippen molar-refractivity contribution in [3.8, 4) is 5.75 Å². The first-order valence-corrected chi connectivity index (χ1v) is 11.1. The Balaban J connectivity index is 0.000000642. The molecular weight excluding hydrogens is 516 g/mol. The van der Waals surface area contributed by atoms with Gasteiger partial charge in [0.25, 0.3) is 0 Å². The van der Waals surface area contributed by atoms with Crippen LogP contribution in [0, 0.1) is 6.92 Å². The number of hydrogen-bond acceptors (Lipinski definition) is 4. The predicted molar refractivity (Wildman–Crippen MR) is 137 cm³/mol. The van der Waals surface area contributed by atoms with Gasteiger partial charge in [-0.2, -0.15) is 0 Å². The molecule has 0 heterocycles. The van der Waals surface area contributed by atoms with Crippen molar-refractivity contribution in [2.45, 2.75) is 33.2 Å². The fourth-order valence-electron chi connectivity index (χ4n) is 3.25. The number of aryl methyl sites for hydroxylation is 2. The molecule has 0 aliphatic heterocycles. The van der Waals surface area contributed by atoms with Gasteiger partial charge in [-0.05, 0) is 43.5 Å². The van der Waals surface area contributed by atoms with Gasteiger partial charge in [-0.1, -0.05) is 48.3 Å². The van der Waals surface area contributed by atoms with Gasteiger partial charge in [-0.15, -0.1) is 11.6 Å². The van der Waals surface area contributed by atoms with E-state index >= 15 is 0 Å². The van der Waals surface area contributed by atoms with E-state index in [2.05, 4.69) is 13.0 Å². The van der Waals surface area contributed by atoms with E-state index in [1.165, 1.54) is 19.2 Å². The SMILES string of the molecule is CCc1cccc(C)c1N(C(=O)CCl)C(C)COC.COc1c(Cl)ccc(Cl)c1C(=O)O.[KH]. The second-order valence-electron chi connectivity index (χ2n) is 6.88. The molecule has 1 unspecified atom stereocenters. The van der Waals surface area contributed by atoms with Crippen molar-refractivity contribution in [3.63, 3.8) is 0 Å². The third-order valence-electron chi connectivity index (χ3n) is 4.65. The standard InChI is InChI=1S/C15H22ClNO2.C8H6Cl2O3.K.H/c1-5-13-8-6-7-11(2)15(13)17(14(18)9-16)12(3)10-19-4;1-13-7-5(10)3-2-4(9)6(7)8(11)12;;/h6-8,12H,5,9-10H2,1-4H3;2-3H,1H3,(H,11,12);;. The molecule has 0 aliphatic rings. The Kier molecular flexibility index (Phi) is 16.2. The zero-order valence-electron chi connectivity index (χ0n) is 18.7. The van der Waals surface area contributed by atoms with Crippen LogP contribution in [0.5, 0.6) is 5.75 Å². The number of carbonyl (C=O) groups excluding carboxylic acids is 1. The molecule has 10 heteroatoms. The molecule has 0 saturated carbocycles. The summed E-state index contributed by atoms with van der Waals surface area (Å²) in [5.41, 5.74) is 3.10. The normalized spacial score (nSPS) is 10.9. The molecule has 2 rings (SSSR count). The van der Waals surface area contributed by atoms with Crippen molar-refractivity contribution >= 4 is 104 Å². The summed E-state index contributed by atoms with van der Waals surface area (Å²) in [7, 11) is 2.97. The first-order valence-electron chi connectivity index (χ1n) is 9.85. The van der Waals surface area contributed by atoms with Gasteiger partial charge in [-0.25, -0.2) is 4.79 Å². The van der Waals surface area contributed by atoms with Crippen LogP contribution in [-0.2, 0) is 16.0 Å². The number of hydrogen-bond donors (Lipinski definition) is 1. The Hall–Kier alpha value is -0.354. The monoisotopic (exact) mass is 543 g/mol. The Labute approximate surface area is 252 Å². The summed E-state index contributed by atoms with van der Waals surface area (Å²) in [5, 5.41) is 9.11. The molecule has 1 atom stereocenters. The molecule has 0 saturated heterocycles. The number of methoxy groups -OCH3 is 2. The van der Waals surface area contributed by atoms with Gasteiger partial charge in [0.15, 0.2) is 5.75 Å². The zero-order chi connectivity index (χ0) is 24.4. The van der Waals surface area contributed by atoms with Crippen molar-refractivity contribution in [1.29, 1.82) is 0 Å². The molecule has 0 fully saturated rings. The second kappa shape index (κ2) is 16.3. The predicted octanol–water partition coefficient (Wildman–Crippen LogP) is 5.22. The topological polar surface area (TPSA) is 76.1 Å². The van der Waals surface area contributed by atoms with E-state index in [4.69, 9.17) is 49.4 Å². The Bertz CT molecular complexity index is 943. The van der Waals surface area contributed by atoms with Gasteiger partial charge >= 0.3 is 57.4 Å². The van der Waals surface area contributed by atoms with Crippen LogP contribution in [0.15, 0.2) is 30.3 Å². The van der Waals surface area contributed by atoms with Crippen molar-refractivity contribution in [2.75, 3.05) is 31.6 Å². The molecule has 6 nitrogen and oxygen atoms in total. The number of aromatic carboxylic acids is 1. The molecular formula is C23H29Cl3KNO5. The van der Waals surface area contributed by atoms with Crippen molar-refractivity contribution in [1.82, 2.24) is 0 Å². The molecule has 0 bridgehead atoms. The van der Waals surface area contributed by atoms with Crippen molar-refractivity contribution in [2.24, 2.45) is 0 Å². The second-order valence-corrected chi connectivity index (χ2v) is 7.96. The molecule has 0 aromatic heterocycles. The van der Waals surface area contributed by atoms with E-state index in [0.717, 1.165) is 23.2 Å². The summed E-state index contributed by atoms with van der Waals surface area (Å²) in [4.78, 5) is 24.7. The fourth-order valence-corrected chi connectivity index (χ4v) is 3.85. The zero-order valence-corrected chi connectivity index (χ0v) is 21.0. The number of amides is 1. The molecule has 33 heavy (non-hydrogen) atoms. The summed E-state index contributed by atoms with van der Waals surface area (Å²) in [6.07, 6.45) is 0.878. The van der Waals surface area contributed by atoms with Gasteiger partial charge in [0, 0.05) is 7.11 Å². The van der Waals surface area contributed by atoms with E-state index < -0.39 is 5.97 Å². The van der Waals surface area contributed by atoms with Crippen LogP contribution in [0.1, 0.15) is 35.3 Å². The molecule has 178 valence electrons. The molecule has 1 N–H and O–H groups in total. The Morgan fingerprint density at radius 3 is 2.18 bits per heavy atom. The summed E-state index contributed by atoms with van der Waals surface area (Å²) in [6, 6.07) is 8.94. The number of carbonyl (C=O) groups is 2. The average molecular weight is 545 g/mol. The Morgan fingerprint density at radius 1 is 1.12 bits per heavy atom. The van der Waals surface area contributed by atoms with Gasteiger partial charge in [0.05, 0.1) is 35.5 Å². The van der Waals surface area contributed by atoms with Crippen LogP contribution in [0.2, 0.25) is 10.0 Å². The van der Waals surface area contributed by atoms with Gasteiger partial charge in [0.1, 0.15) is 11.4 Å².